The predicted octanol–water partition coefficient (Wildman–Crippen LogP) is 4.64. The highest BCUT2D eigenvalue weighted by Gasteiger charge is 2.22. The number of aromatic nitrogens is 1. The molecule has 0 atom stereocenters. The third-order valence-electron chi connectivity index (χ3n) is 5.10. The molecule has 0 aliphatic carbocycles. The number of benzene rings is 2. The van der Waals surface area contributed by atoms with Gasteiger partial charge in [0, 0.05) is 48.7 Å². The number of carbonyl (C=O) groups is 1. The van der Waals surface area contributed by atoms with Crippen LogP contribution in [0.3, 0.4) is 0 Å². The Morgan fingerprint density at radius 1 is 1.13 bits per heavy atom. The molecule has 0 bridgehead atoms. The smallest absolute Gasteiger partial charge is 0.253 e. The second kappa shape index (κ2) is 9.60. The number of halogens is 1. The molecule has 1 aromatic heterocycles. The first-order chi connectivity index (χ1) is 14.6. The summed E-state index contributed by atoms with van der Waals surface area (Å²) >= 11 is 7.64. The van der Waals surface area contributed by atoms with Gasteiger partial charge in [0.25, 0.3) is 5.91 Å². The standard InChI is InChI=1S/C23H24ClN3O2S/c1-17-5-7-21(8-6-17)29-15-22-25-20(16-30-22)14-26-9-11-27(12-10-26)23(28)18-3-2-4-19(24)13-18/h2-8,13,16H,9-12,14-15H2,1H3. The maximum absolute atomic E-state index is 12.7. The van der Waals surface area contributed by atoms with Crippen molar-refractivity contribution in [1.29, 1.82) is 0 Å². The highest BCUT2D eigenvalue weighted by atomic mass is 35.5. The number of thiazole rings is 1. The van der Waals surface area contributed by atoms with Gasteiger partial charge in [0.2, 0.25) is 0 Å². The van der Waals surface area contributed by atoms with E-state index in [0.717, 1.165) is 36.1 Å². The van der Waals surface area contributed by atoms with Gasteiger partial charge in [0.05, 0.1) is 5.69 Å². The molecule has 3 aromatic rings. The molecule has 0 radical (unpaired) electrons. The Morgan fingerprint density at radius 3 is 2.63 bits per heavy atom. The Kier molecular flexibility index (Phi) is 6.67. The number of hydrogen-bond acceptors (Lipinski definition) is 5. The minimum atomic E-state index is 0.0429. The van der Waals surface area contributed by atoms with Gasteiger partial charge in [-0.15, -0.1) is 11.3 Å². The van der Waals surface area contributed by atoms with Crippen LogP contribution in [0.4, 0.5) is 0 Å². The van der Waals surface area contributed by atoms with Crippen molar-refractivity contribution in [2.24, 2.45) is 0 Å². The third kappa shape index (κ3) is 5.39. The number of ether oxygens (including phenoxy) is 1. The topological polar surface area (TPSA) is 45.7 Å². The largest absolute Gasteiger partial charge is 0.486 e. The molecule has 4 rings (SSSR count). The normalized spacial score (nSPS) is 14.7. The number of nitrogens with zero attached hydrogens (tertiary/aromatic N) is 3. The molecule has 1 saturated heterocycles. The van der Waals surface area contributed by atoms with Crippen molar-refractivity contribution >= 4 is 28.8 Å². The van der Waals surface area contributed by atoms with Crippen molar-refractivity contribution in [3.05, 3.63) is 80.8 Å². The fourth-order valence-corrected chi connectivity index (χ4v) is 4.30. The molecule has 2 heterocycles. The summed E-state index contributed by atoms with van der Waals surface area (Å²) < 4.78 is 5.82. The Labute approximate surface area is 185 Å². The quantitative estimate of drug-likeness (QED) is 0.559. The molecular formula is C23H24ClN3O2S. The van der Waals surface area contributed by atoms with E-state index in [9.17, 15) is 4.79 Å². The van der Waals surface area contributed by atoms with Crippen molar-refractivity contribution in [3.63, 3.8) is 0 Å². The van der Waals surface area contributed by atoms with Gasteiger partial charge in [-0.05, 0) is 37.3 Å². The summed E-state index contributed by atoms with van der Waals surface area (Å²) in [6, 6.07) is 15.2. The molecule has 0 unspecified atom stereocenters. The van der Waals surface area contributed by atoms with Crippen molar-refractivity contribution in [1.82, 2.24) is 14.8 Å². The zero-order chi connectivity index (χ0) is 20.9. The fourth-order valence-electron chi connectivity index (χ4n) is 3.41. The zero-order valence-corrected chi connectivity index (χ0v) is 18.5. The molecule has 0 saturated carbocycles. The average Bonchev–Trinajstić information content (AvgIpc) is 3.21. The number of amides is 1. The Morgan fingerprint density at radius 2 is 1.90 bits per heavy atom. The van der Waals surface area contributed by atoms with E-state index in [2.05, 4.69) is 17.2 Å². The molecule has 7 heteroatoms. The summed E-state index contributed by atoms with van der Waals surface area (Å²) in [6.07, 6.45) is 0. The van der Waals surface area contributed by atoms with Gasteiger partial charge in [-0.1, -0.05) is 35.4 Å². The number of hydrogen-bond donors (Lipinski definition) is 0. The third-order valence-corrected chi connectivity index (χ3v) is 6.21. The van der Waals surface area contributed by atoms with Crippen LogP contribution in [-0.2, 0) is 13.2 Å². The maximum Gasteiger partial charge on any atom is 0.253 e. The Bertz CT molecular complexity index is 998. The van der Waals surface area contributed by atoms with Crippen LogP contribution >= 0.6 is 22.9 Å². The minimum Gasteiger partial charge on any atom is -0.486 e. The van der Waals surface area contributed by atoms with Crippen LogP contribution in [0.2, 0.25) is 5.02 Å². The SMILES string of the molecule is Cc1ccc(OCc2nc(CN3CCN(C(=O)c4cccc(Cl)c4)CC3)cs2)cc1. The van der Waals surface area contributed by atoms with Crippen LogP contribution in [0.15, 0.2) is 53.9 Å². The van der Waals surface area contributed by atoms with Gasteiger partial charge in [-0.25, -0.2) is 4.98 Å². The second-order valence-electron chi connectivity index (χ2n) is 7.41. The van der Waals surface area contributed by atoms with Gasteiger partial charge in [-0.3, -0.25) is 9.69 Å². The number of rotatable bonds is 6. The van der Waals surface area contributed by atoms with Gasteiger partial charge < -0.3 is 9.64 Å². The molecule has 1 fully saturated rings. The number of piperazine rings is 1. The lowest BCUT2D eigenvalue weighted by Crippen LogP contribution is -2.48. The van der Waals surface area contributed by atoms with E-state index < -0.39 is 0 Å². The summed E-state index contributed by atoms with van der Waals surface area (Å²) in [5, 5.41) is 3.66. The lowest BCUT2D eigenvalue weighted by molar-refractivity contribution is 0.0627. The molecule has 0 spiro atoms. The van der Waals surface area contributed by atoms with Gasteiger partial charge in [0.1, 0.15) is 17.4 Å². The predicted molar refractivity (Wildman–Crippen MR) is 120 cm³/mol. The summed E-state index contributed by atoms with van der Waals surface area (Å²) in [5.74, 6) is 0.902. The molecule has 0 N–H and O–H groups in total. The minimum absolute atomic E-state index is 0.0429. The van der Waals surface area contributed by atoms with Crippen molar-refractivity contribution in [2.75, 3.05) is 26.2 Å². The lowest BCUT2D eigenvalue weighted by atomic mass is 10.2. The van der Waals surface area contributed by atoms with Gasteiger partial charge >= 0.3 is 0 Å². The van der Waals surface area contributed by atoms with Crippen LogP contribution in [0, 0.1) is 6.92 Å². The van der Waals surface area contributed by atoms with Crippen molar-refractivity contribution in [3.8, 4) is 5.75 Å². The van der Waals surface area contributed by atoms with E-state index in [4.69, 9.17) is 21.3 Å². The monoisotopic (exact) mass is 441 g/mol. The Hall–Kier alpha value is -2.41. The molecule has 5 nitrogen and oxygen atoms in total. The molecule has 1 aliphatic rings. The van der Waals surface area contributed by atoms with Gasteiger partial charge in [0.15, 0.2) is 0 Å². The van der Waals surface area contributed by atoms with E-state index in [1.54, 1.807) is 23.5 Å². The van der Waals surface area contributed by atoms with Crippen LogP contribution < -0.4 is 4.74 Å². The zero-order valence-electron chi connectivity index (χ0n) is 16.9. The van der Waals surface area contributed by atoms with E-state index >= 15 is 0 Å². The van der Waals surface area contributed by atoms with Crippen LogP contribution in [0.25, 0.3) is 0 Å². The van der Waals surface area contributed by atoms with Gasteiger partial charge in [-0.2, -0.15) is 0 Å². The highest BCUT2D eigenvalue weighted by Crippen LogP contribution is 2.18. The highest BCUT2D eigenvalue weighted by molar-refractivity contribution is 7.09. The molecular weight excluding hydrogens is 418 g/mol. The summed E-state index contributed by atoms with van der Waals surface area (Å²) in [5.41, 5.74) is 2.92. The first-order valence-electron chi connectivity index (χ1n) is 9.97. The summed E-state index contributed by atoms with van der Waals surface area (Å²) in [7, 11) is 0. The Balaban J connectivity index is 1.25. The van der Waals surface area contributed by atoms with Crippen LogP contribution in [-0.4, -0.2) is 46.9 Å². The molecule has 156 valence electrons. The first-order valence-corrected chi connectivity index (χ1v) is 11.2. The number of carbonyl (C=O) groups excluding carboxylic acids is 1. The van der Waals surface area contributed by atoms with Crippen LogP contribution in [0.5, 0.6) is 5.75 Å². The van der Waals surface area contributed by atoms with E-state index in [-0.39, 0.29) is 5.91 Å². The maximum atomic E-state index is 12.7. The van der Waals surface area contributed by atoms with E-state index in [1.165, 1.54) is 5.56 Å². The lowest BCUT2D eigenvalue weighted by Gasteiger charge is -2.34. The van der Waals surface area contributed by atoms with Crippen LogP contribution in [0.1, 0.15) is 26.6 Å². The summed E-state index contributed by atoms with van der Waals surface area (Å²) in [4.78, 5) is 21.6. The summed E-state index contributed by atoms with van der Waals surface area (Å²) in [6.45, 7) is 6.41. The molecule has 1 aliphatic heterocycles. The van der Waals surface area contributed by atoms with Crippen molar-refractivity contribution in [2.45, 2.75) is 20.1 Å². The second-order valence-corrected chi connectivity index (χ2v) is 8.79. The van der Waals surface area contributed by atoms with Crippen molar-refractivity contribution < 1.29 is 9.53 Å². The van der Waals surface area contributed by atoms with E-state index in [0.29, 0.717) is 30.3 Å². The molecule has 1 amide bonds. The molecule has 30 heavy (non-hydrogen) atoms. The average molecular weight is 442 g/mol. The van der Waals surface area contributed by atoms with E-state index in [1.807, 2.05) is 41.3 Å². The molecule has 2 aromatic carbocycles. The first kappa shape index (κ1) is 20.8. The fraction of sp³-hybridized carbons (Fsp3) is 0.304. The number of aryl methyl sites for hydroxylation is 1.